The second kappa shape index (κ2) is 10.4. The largest absolute Gasteiger partial charge is 0.497 e. The van der Waals surface area contributed by atoms with Crippen LogP contribution in [0.25, 0.3) is 0 Å². The number of nitrogens with one attached hydrogen (secondary N) is 1. The van der Waals surface area contributed by atoms with Crippen molar-refractivity contribution in [1.29, 1.82) is 0 Å². The second-order valence-corrected chi connectivity index (χ2v) is 7.93. The molecule has 7 heteroatoms. The van der Waals surface area contributed by atoms with Gasteiger partial charge < -0.3 is 9.47 Å². The van der Waals surface area contributed by atoms with E-state index >= 15 is 0 Å². The van der Waals surface area contributed by atoms with E-state index in [2.05, 4.69) is 55.6 Å². The molecule has 1 aliphatic rings. The third-order valence-corrected chi connectivity index (χ3v) is 5.63. The minimum absolute atomic E-state index is 0.00826. The van der Waals surface area contributed by atoms with Gasteiger partial charge in [-0.25, -0.2) is 5.43 Å². The summed E-state index contributed by atoms with van der Waals surface area (Å²) in [6.45, 7) is 2.73. The van der Waals surface area contributed by atoms with E-state index in [9.17, 15) is 4.79 Å². The summed E-state index contributed by atoms with van der Waals surface area (Å²) in [6.07, 6.45) is 3.27. The normalized spacial score (nSPS) is 15.4. The Kier molecular flexibility index (Phi) is 7.66. The number of amides is 1. The monoisotopic (exact) mass is 459 g/mol. The van der Waals surface area contributed by atoms with Gasteiger partial charge in [0.1, 0.15) is 11.5 Å². The standard InChI is InChI=1S/C22H26BrN3O3/c1-28-20-8-5-18(21(13-20)29-2)14-24-25-22(27)17-9-11-26(12-10-17)15-16-3-6-19(23)7-4-16/h3-8,13-14,17H,9-12,15H2,1-2H3,(H,25,27)/b24-14-. The van der Waals surface area contributed by atoms with Gasteiger partial charge in [0, 0.05) is 28.6 Å². The smallest absolute Gasteiger partial charge is 0.243 e. The van der Waals surface area contributed by atoms with Crippen molar-refractivity contribution in [3.8, 4) is 11.5 Å². The molecular formula is C22H26BrN3O3. The van der Waals surface area contributed by atoms with Gasteiger partial charge in [-0.15, -0.1) is 0 Å². The lowest BCUT2D eigenvalue weighted by atomic mass is 9.96. The van der Waals surface area contributed by atoms with Crippen molar-refractivity contribution < 1.29 is 14.3 Å². The van der Waals surface area contributed by atoms with E-state index in [1.165, 1.54) is 5.56 Å². The fourth-order valence-corrected chi connectivity index (χ4v) is 3.65. The maximum atomic E-state index is 12.4. The fourth-order valence-electron chi connectivity index (χ4n) is 3.38. The topological polar surface area (TPSA) is 63.2 Å². The van der Waals surface area contributed by atoms with Crippen LogP contribution in [0.5, 0.6) is 11.5 Å². The molecule has 0 spiro atoms. The summed E-state index contributed by atoms with van der Waals surface area (Å²) in [7, 11) is 3.19. The van der Waals surface area contributed by atoms with Crippen LogP contribution in [-0.2, 0) is 11.3 Å². The summed E-state index contributed by atoms with van der Waals surface area (Å²) in [4.78, 5) is 14.8. The van der Waals surface area contributed by atoms with Crippen molar-refractivity contribution in [2.45, 2.75) is 19.4 Å². The zero-order chi connectivity index (χ0) is 20.6. The van der Waals surface area contributed by atoms with Gasteiger partial charge in [-0.05, 0) is 55.8 Å². The van der Waals surface area contributed by atoms with Crippen LogP contribution >= 0.6 is 15.9 Å². The molecule has 0 radical (unpaired) electrons. The number of carbonyl (C=O) groups is 1. The van der Waals surface area contributed by atoms with E-state index in [-0.39, 0.29) is 11.8 Å². The summed E-state index contributed by atoms with van der Waals surface area (Å²) in [5, 5.41) is 4.11. The van der Waals surface area contributed by atoms with E-state index in [0.717, 1.165) is 42.5 Å². The van der Waals surface area contributed by atoms with Crippen LogP contribution in [0.1, 0.15) is 24.0 Å². The van der Waals surface area contributed by atoms with Crippen LogP contribution in [-0.4, -0.2) is 44.3 Å². The summed E-state index contributed by atoms with van der Waals surface area (Å²) in [5.41, 5.74) is 4.73. The van der Waals surface area contributed by atoms with E-state index in [1.54, 1.807) is 26.5 Å². The molecule has 154 valence electrons. The Bertz CT molecular complexity index is 847. The molecule has 1 saturated heterocycles. The second-order valence-electron chi connectivity index (χ2n) is 7.02. The third-order valence-electron chi connectivity index (χ3n) is 5.10. The highest BCUT2D eigenvalue weighted by Crippen LogP contribution is 2.23. The third kappa shape index (κ3) is 6.05. The number of rotatable bonds is 7. The molecule has 0 atom stereocenters. The quantitative estimate of drug-likeness (QED) is 0.504. The van der Waals surface area contributed by atoms with Crippen molar-refractivity contribution in [1.82, 2.24) is 10.3 Å². The average Bonchev–Trinajstić information content (AvgIpc) is 2.76. The molecular weight excluding hydrogens is 434 g/mol. The van der Waals surface area contributed by atoms with Crippen LogP contribution in [0.4, 0.5) is 0 Å². The minimum atomic E-state index is -0.0305. The van der Waals surface area contributed by atoms with Gasteiger partial charge in [0.15, 0.2) is 0 Å². The molecule has 0 aromatic heterocycles. The number of ether oxygens (including phenoxy) is 2. The highest BCUT2D eigenvalue weighted by Gasteiger charge is 2.24. The first-order valence-corrected chi connectivity index (χ1v) is 10.4. The number of halogens is 1. The molecule has 1 heterocycles. The Morgan fingerprint density at radius 3 is 2.55 bits per heavy atom. The maximum absolute atomic E-state index is 12.4. The minimum Gasteiger partial charge on any atom is -0.497 e. The van der Waals surface area contributed by atoms with Crippen molar-refractivity contribution in [2.75, 3.05) is 27.3 Å². The highest BCUT2D eigenvalue weighted by atomic mass is 79.9. The molecule has 3 rings (SSSR count). The fraction of sp³-hybridized carbons (Fsp3) is 0.364. The van der Waals surface area contributed by atoms with Gasteiger partial charge >= 0.3 is 0 Å². The van der Waals surface area contributed by atoms with Crippen molar-refractivity contribution >= 4 is 28.1 Å². The van der Waals surface area contributed by atoms with Crippen LogP contribution < -0.4 is 14.9 Å². The Morgan fingerprint density at radius 1 is 1.17 bits per heavy atom. The lowest BCUT2D eigenvalue weighted by Gasteiger charge is -2.30. The summed E-state index contributed by atoms with van der Waals surface area (Å²) in [6, 6.07) is 13.8. The lowest BCUT2D eigenvalue weighted by molar-refractivity contribution is -0.126. The molecule has 1 aliphatic heterocycles. The van der Waals surface area contributed by atoms with Gasteiger partial charge in [0.25, 0.3) is 0 Å². The van der Waals surface area contributed by atoms with E-state index in [4.69, 9.17) is 9.47 Å². The first-order chi connectivity index (χ1) is 14.1. The summed E-state index contributed by atoms with van der Waals surface area (Å²) < 4.78 is 11.6. The molecule has 2 aromatic carbocycles. The zero-order valence-corrected chi connectivity index (χ0v) is 18.3. The Hall–Kier alpha value is -2.38. The van der Waals surface area contributed by atoms with Crippen molar-refractivity contribution in [2.24, 2.45) is 11.0 Å². The van der Waals surface area contributed by atoms with E-state index < -0.39 is 0 Å². The van der Waals surface area contributed by atoms with E-state index in [0.29, 0.717) is 11.5 Å². The number of nitrogens with zero attached hydrogens (tertiary/aromatic N) is 2. The Morgan fingerprint density at radius 2 is 1.90 bits per heavy atom. The first-order valence-electron chi connectivity index (χ1n) is 9.61. The maximum Gasteiger partial charge on any atom is 0.243 e. The molecule has 0 saturated carbocycles. The Balaban J connectivity index is 1.47. The molecule has 0 bridgehead atoms. The van der Waals surface area contributed by atoms with Crippen LogP contribution in [0.15, 0.2) is 52.0 Å². The number of benzene rings is 2. The number of likely N-dealkylation sites (tertiary alicyclic amines) is 1. The van der Waals surface area contributed by atoms with Gasteiger partial charge in [-0.1, -0.05) is 28.1 Å². The van der Waals surface area contributed by atoms with Gasteiger partial charge in [0.2, 0.25) is 5.91 Å². The number of carbonyl (C=O) groups excluding carboxylic acids is 1. The number of hydrogen-bond acceptors (Lipinski definition) is 5. The molecule has 0 aliphatic carbocycles. The zero-order valence-electron chi connectivity index (χ0n) is 16.7. The number of piperidine rings is 1. The summed E-state index contributed by atoms with van der Waals surface area (Å²) in [5.74, 6) is 1.31. The van der Waals surface area contributed by atoms with Crippen LogP contribution in [0, 0.1) is 5.92 Å². The first kappa shape index (κ1) is 21.3. The molecule has 1 fully saturated rings. The number of hydrogen-bond donors (Lipinski definition) is 1. The van der Waals surface area contributed by atoms with Gasteiger partial charge in [0.05, 0.1) is 20.4 Å². The molecule has 29 heavy (non-hydrogen) atoms. The predicted octanol–water partition coefficient (Wildman–Crippen LogP) is 3.83. The molecule has 0 unspecified atom stereocenters. The molecule has 6 nitrogen and oxygen atoms in total. The number of methoxy groups -OCH3 is 2. The van der Waals surface area contributed by atoms with Crippen molar-refractivity contribution in [3.63, 3.8) is 0 Å². The molecule has 1 amide bonds. The molecule has 1 N–H and O–H groups in total. The van der Waals surface area contributed by atoms with E-state index in [1.807, 2.05) is 12.1 Å². The number of hydrazone groups is 1. The SMILES string of the molecule is COc1ccc(/C=N\NC(=O)C2CCN(Cc3ccc(Br)cc3)CC2)c(OC)c1. The van der Waals surface area contributed by atoms with Gasteiger partial charge in [-0.2, -0.15) is 5.10 Å². The van der Waals surface area contributed by atoms with Crippen LogP contribution in [0.2, 0.25) is 0 Å². The lowest BCUT2D eigenvalue weighted by Crippen LogP contribution is -2.39. The van der Waals surface area contributed by atoms with Gasteiger partial charge in [-0.3, -0.25) is 9.69 Å². The average molecular weight is 460 g/mol. The molecule has 2 aromatic rings. The van der Waals surface area contributed by atoms with Crippen LogP contribution in [0.3, 0.4) is 0 Å². The highest BCUT2D eigenvalue weighted by molar-refractivity contribution is 9.10. The predicted molar refractivity (Wildman–Crippen MR) is 117 cm³/mol. The van der Waals surface area contributed by atoms with Crippen molar-refractivity contribution in [3.05, 3.63) is 58.1 Å². The summed E-state index contributed by atoms with van der Waals surface area (Å²) >= 11 is 3.46. The Labute approximate surface area is 180 Å².